The zero-order valence-electron chi connectivity index (χ0n) is 14.3. The lowest BCUT2D eigenvalue weighted by Crippen LogP contribution is -2.50. The van der Waals surface area contributed by atoms with Gasteiger partial charge in [-0.2, -0.15) is 0 Å². The monoisotopic (exact) mass is 318 g/mol. The highest BCUT2D eigenvalue weighted by Gasteiger charge is 2.22. The van der Waals surface area contributed by atoms with E-state index in [1.165, 1.54) is 12.8 Å². The lowest BCUT2D eigenvalue weighted by atomic mass is 10.1. The Morgan fingerprint density at radius 3 is 2.35 bits per heavy atom. The highest BCUT2D eigenvalue weighted by molar-refractivity contribution is 5.97. The van der Waals surface area contributed by atoms with Gasteiger partial charge in [-0.25, -0.2) is 0 Å². The molecule has 1 saturated carbocycles. The Morgan fingerprint density at radius 1 is 1.22 bits per heavy atom. The van der Waals surface area contributed by atoms with E-state index in [0.717, 1.165) is 12.4 Å². The van der Waals surface area contributed by atoms with Gasteiger partial charge in [-0.3, -0.25) is 9.59 Å². The molecular formula is C18H26N2O3. The number of nitrogens with one attached hydrogen (secondary N) is 2. The Labute approximate surface area is 137 Å². The van der Waals surface area contributed by atoms with Crippen molar-refractivity contribution in [2.45, 2.75) is 52.1 Å². The summed E-state index contributed by atoms with van der Waals surface area (Å²) in [5.41, 5.74) is 0.190. The number of carbonyl (C=O) groups excluding carboxylic acids is 2. The van der Waals surface area contributed by atoms with E-state index in [1.54, 1.807) is 31.2 Å². The minimum absolute atomic E-state index is 0.199. The van der Waals surface area contributed by atoms with Crippen LogP contribution in [0.5, 0.6) is 5.75 Å². The lowest BCUT2D eigenvalue weighted by Gasteiger charge is -2.23. The first-order valence-electron chi connectivity index (χ1n) is 8.10. The molecule has 1 atom stereocenters. The van der Waals surface area contributed by atoms with E-state index in [1.807, 2.05) is 20.8 Å². The van der Waals surface area contributed by atoms with E-state index in [9.17, 15) is 9.59 Å². The molecule has 1 aromatic carbocycles. The van der Waals surface area contributed by atoms with Crippen LogP contribution >= 0.6 is 0 Å². The van der Waals surface area contributed by atoms with Crippen LogP contribution in [0.1, 0.15) is 50.9 Å². The van der Waals surface area contributed by atoms with E-state index in [0.29, 0.717) is 11.5 Å². The molecule has 1 aliphatic carbocycles. The van der Waals surface area contributed by atoms with Crippen LogP contribution in [0.15, 0.2) is 24.3 Å². The van der Waals surface area contributed by atoms with Gasteiger partial charge in [0.15, 0.2) is 0 Å². The minimum atomic E-state index is -0.590. The highest BCUT2D eigenvalue weighted by Crippen LogP contribution is 2.29. The Bertz CT molecular complexity index is 557. The number of carbonyl (C=O) groups is 2. The predicted molar refractivity (Wildman–Crippen MR) is 89.5 cm³/mol. The topological polar surface area (TPSA) is 67.4 Å². The second-order valence-electron chi connectivity index (χ2n) is 7.21. The first-order chi connectivity index (χ1) is 10.7. The molecule has 1 aliphatic rings. The number of benzene rings is 1. The molecule has 0 spiro atoms. The molecule has 1 aromatic rings. The maximum atomic E-state index is 12.2. The van der Waals surface area contributed by atoms with Crippen LogP contribution < -0.4 is 15.4 Å². The molecule has 2 amide bonds. The summed E-state index contributed by atoms with van der Waals surface area (Å²) in [6.45, 7) is 8.13. The van der Waals surface area contributed by atoms with E-state index in [4.69, 9.17) is 4.74 Å². The van der Waals surface area contributed by atoms with Crippen molar-refractivity contribution >= 4 is 11.8 Å². The average molecular weight is 318 g/mol. The SMILES string of the molecule is CC(NC(=O)c1ccc(OCC2CC2)cc1)C(=O)NC(C)(C)C. The predicted octanol–water partition coefficient (Wildman–Crippen LogP) is 2.51. The van der Waals surface area contributed by atoms with E-state index < -0.39 is 6.04 Å². The Hall–Kier alpha value is -2.04. The van der Waals surface area contributed by atoms with Crippen molar-refractivity contribution in [1.82, 2.24) is 10.6 Å². The van der Waals surface area contributed by atoms with Gasteiger partial charge in [-0.05, 0) is 70.7 Å². The second-order valence-corrected chi connectivity index (χ2v) is 7.21. The molecule has 23 heavy (non-hydrogen) atoms. The third kappa shape index (κ3) is 5.93. The molecule has 2 N–H and O–H groups in total. The number of ether oxygens (including phenoxy) is 1. The largest absolute Gasteiger partial charge is 0.493 e. The van der Waals surface area contributed by atoms with Gasteiger partial charge >= 0.3 is 0 Å². The molecule has 126 valence electrons. The van der Waals surface area contributed by atoms with Gasteiger partial charge in [0.05, 0.1) is 6.61 Å². The van der Waals surface area contributed by atoms with Crippen LogP contribution in [0.3, 0.4) is 0 Å². The van der Waals surface area contributed by atoms with Gasteiger partial charge in [0.2, 0.25) is 5.91 Å². The van der Waals surface area contributed by atoms with Crippen LogP contribution in [-0.4, -0.2) is 30.0 Å². The van der Waals surface area contributed by atoms with Crippen molar-refractivity contribution in [3.8, 4) is 5.75 Å². The molecule has 2 rings (SSSR count). The van der Waals surface area contributed by atoms with Crippen LogP contribution in [0.2, 0.25) is 0 Å². The average Bonchev–Trinajstić information content (AvgIpc) is 3.28. The van der Waals surface area contributed by atoms with Gasteiger partial charge < -0.3 is 15.4 Å². The summed E-state index contributed by atoms with van der Waals surface area (Å²) in [6.07, 6.45) is 2.49. The number of rotatable bonds is 6. The normalized spacial score (nSPS) is 15.7. The molecule has 1 fully saturated rings. The first kappa shape index (κ1) is 17.3. The summed E-state index contributed by atoms with van der Waals surface area (Å²) < 4.78 is 5.64. The number of amides is 2. The summed E-state index contributed by atoms with van der Waals surface area (Å²) in [7, 11) is 0. The summed E-state index contributed by atoms with van der Waals surface area (Å²) in [5, 5.41) is 5.55. The van der Waals surface area contributed by atoms with Crippen molar-refractivity contribution < 1.29 is 14.3 Å². The van der Waals surface area contributed by atoms with Gasteiger partial charge in [0.1, 0.15) is 11.8 Å². The molecule has 0 saturated heterocycles. The van der Waals surface area contributed by atoms with Crippen LogP contribution in [-0.2, 0) is 4.79 Å². The second kappa shape index (κ2) is 7.02. The van der Waals surface area contributed by atoms with E-state index in [-0.39, 0.29) is 17.4 Å². The number of hydrogen-bond acceptors (Lipinski definition) is 3. The summed E-state index contributed by atoms with van der Waals surface area (Å²) in [6, 6.07) is 6.42. The molecule has 0 radical (unpaired) electrons. The van der Waals surface area contributed by atoms with E-state index >= 15 is 0 Å². The minimum Gasteiger partial charge on any atom is -0.493 e. The molecule has 5 nitrogen and oxygen atoms in total. The molecular weight excluding hydrogens is 292 g/mol. The first-order valence-corrected chi connectivity index (χ1v) is 8.10. The third-order valence-electron chi connectivity index (χ3n) is 3.54. The van der Waals surface area contributed by atoms with Crippen molar-refractivity contribution in [2.24, 2.45) is 5.92 Å². The summed E-state index contributed by atoms with van der Waals surface area (Å²) in [5.74, 6) is 0.998. The summed E-state index contributed by atoms with van der Waals surface area (Å²) in [4.78, 5) is 24.2. The highest BCUT2D eigenvalue weighted by atomic mass is 16.5. The van der Waals surface area contributed by atoms with Crippen molar-refractivity contribution in [1.29, 1.82) is 0 Å². The summed E-state index contributed by atoms with van der Waals surface area (Å²) >= 11 is 0. The lowest BCUT2D eigenvalue weighted by molar-refractivity contribution is -0.124. The smallest absolute Gasteiger partial charge is 0.251 e. The third-order valence-corrected chi connectivity index (χ3v) is 3.54. The fraction of sp³-hybridized carbons (Fsp3) is 0.556. The quantitative estimate of drug-likeness (QED) is 0.847. The van der Waals surface area contributed by atoms with Crippen molar-refractivity contribution in [2.75, 3.05) is 6.61 Å². The Balaban J connectivity index is 1.85. The Morgan fingerprint density at radius 2 is 1.83 bits per heavy atom. The van der Waals surface area contributed by atoms with Gasteiger partial charge in [-0.15, -0.1) is 0 Å². The molecule has 5 heteroatoms. The van der Waals surface area contributed by atoms with Gasteiger partial charge in [0, 0.05) is 11.1 Å². The van der Waals surface area contributed by atoms with Gasteiger partial charge in [-0.1, -0.05) is 0 Å². The van der Waals surface area contributed by atoms with Crippen molar-refractivity contribution in [3.05, 3.63) is 29.8 Å². The zero-order valence-corrected chi connectivity index (χ0v) is 14.3. The maximum absolute atomic E-state index is 12.2. The standard InChI is InChI=1S/C18H26N2O3/c1-12(16(21)20-18(2,3)4)19-17(22)14-7-9-15(10-8-14)23-11-13-5-6-13/h7-10,12-13H,5-6,11H2,1-4H3,(H,19,22)(H,20,21). The van der Waals surface area contributed by atoms with Crippen LogP contribution in [0.4, 0.5) is 0 Å². The number of hydrogen-bond donors (Lipinski definition) is 2. The van der Waals surface area contributed by atoms with Crippen LogP contribution in [0, 0.1) is 5.92 Å². The fourth-order valence-corrected chi connectivity index (χ4v) is 2.02. The molecule has 1 unspecified atom stereocenters. The Kier molecular flexibility index (Phi) is 5.29. The molecule has 0 heterocycles. The maximum Gasteiger partial charge on any atom is 0.251 e. The molecule has 0 aliphatic heterocycles. The van der Waals surface area contributed by atoms with Crippen LogP contribution in [0.25, 0.3) is 0 Å². The van der Waals surface area contributed by atoms with E-state index in [2.05, 4.69) is 10.6 Å². The zero-order chi connectivity index (χ0) is 17.0. The fourth-order valence-electron chi connectivity index (χ4n) is 2.02. The van der Waals surface area contributed by atoms with Crippen molar-refractivity contribution in [3.63, 3.8) is 0 Å². The molecule has 0 bridgehead atoms. The van der Waals surface area contributed by atoms with Gasteiger partial charge in [0.25, 0.3) is 5.91 Å². The molecule has 0 aromatic heterocycles.